The molecule has 1 heterocycles. The minimum Gasteiger partial charge on any atom is -0.392 e. The van der Waals surface area contributed by atoms with Crippen LogP contribution >= 0.6 is 0 Å². The zero-order valence-electron chi connectivity index (χ0n) is 8.62. The van der Waals surface area contributed by atoms with E-state index in [9.17, 15) is 9.90 Å². The van der Waals surface area contributed by atoms with Gasteiger partial charge in [0.2, 0.25) is 0 Å². The molecule has 1 aliphatic heterocycles. The van der Waals surface area contributed by atoms with E-state index in [-0.39, 0.29) is 11.9 Å². The van der Waals surface area contributed by atoms with E-state index in [1.54, 1.807) is 0 Å². The van der Waals surface area contributed by atoms with E-state index in [2.05, 4.69) is 10.8 Å². The number of hydrogen-bond donors (Lipinski definition) is 3. The number of amides is 1. The Morgan fingerprint density at radius 3 is 2.93 bits per heavy atom. The van der Waals surface area contributed by atoms with Crippen LogP contribution in [0.3, 0.4) is 0 Å². The molecule has 0 saturated carbocycles. The standard InChI is InChI=1S/C9H18N2O3/c1-6(2)5-14-11-9(13)8-3-7(12)4-10-8/h6-8,10,12H,3-5H2,1-2H3,(H,11,13). The van der Waals surface area contributed by atoms with Crippen LogP contribution in [0.5, 0.6) is 0 Å². The summed E-state index contributed by atoms with van der Waals surface area (Å²) < 4.78 is 0. The lowest BCUT2D eigenvalue weighted by Crippen LogP contribution is -2.40. The number of nitrogens with one attached hydrogen (secondary N) is 2. The first kappa shape index (κ1) is 11.4. The molecule has 5 nitrogen and oxygen atoms in total. The molecule has 0 aromatic carbocycles. The Bertz CT molecular complexity index is 196. The summed E-state index contributed by atoms with van der Waals surface area (Å²) in [7, 11) is 0. The fourth-order valence-electron chi connectivity index (χ4n) is 1.27. The van der Waals surface area contributed by atoms with Crippen molar-refractivity contribution >= 4 is 5.91 Å². The minimum atomic E-state index is -0.421. The Balaban J connectivity index is 2.15. The van der Waals surface area contributed by atoms with Crippen molar-refractivity contribution in [1.82, 2.24) is 10.8 Å². The molecule has 1 saturated heterocycles. The summed E-state index contributed by atoms with van der Waals surface area (Å²) in [6.07, 6.45) is 0.0347. The minimum absolute atomic E-state index is 0.206. The summed E-state index contributed by atoms with van der Waals surface area (Å²) in [6.45, 7) is 4.98. The first-order chi connectivity index (χ1) is 6.59. The molecule has 2 unspecified atom stereocenters. The molecule has 1 amide bonds. The quantitative estimate of drug-likeness (QED) is 0.533. The van der Waals surface area contributed by atoms with Crippen LogP contribution in [0.4, 0.5) is 0 Å². The highest BCUT2D eigenvalue weighted by Crippen LogP contribution is 2.05. The van der Waals surface area contributed by atoms with Crippen LogP contribution < -0.4 is 10.8 Å². The number of carbonyl (C=O) groups is 1. The largest absolute Gasteiger partial charge is 0.392 e. The van der Waals surface area contributed by atoms with Crippen molar-refractivity contribution in [3.05, 3.63) is 0 Å². The fraction of sp³-hybridized carbons (Fsp3) is 0.889. The van der Waals surface area contributed by atoms with Gasteiger partial charge in [0.1, 0.15) is 0 Å². The van der Waals surface area contributed by atoms with Crippen molar-refractivity contribution in [3.63, 3.8) is 0 Å². The maximum atomic E-state index is 11.4. The maximum Gasteiger partial charge on any atom is 0.260 e. The van der Waals surface area contributed by atoms with Crippen molar-refractivity contribution < 1.29 is 14.7 Å². The normalized spacial score (nSPS) is 26.9. The van der Waals surface area contributed by atoms with Crippen molar-refractivity contribution in [3.8, 4) is 0 Å². The molecule has 0 radical (unpaired) electrons. The van der Waals surface area contributed by atoms with Crippen LogP contribution in [0, 0.1) is 5.92 Å². The van der Waals surface area contributed by atoms with E-state index in [0.717, 1.165) is 0 Å². The average Bonchev–Trinajstić information content (AvgIpc) is 2.51. The first-order valence-corrected chi connectivity index (χ1v) is 4.92. The molecule has 0 spiro atoms. The van der Waals surface area contributed by atoms with Crippen LogP contribution in [0.2, 0.25) is 0 Å². The van der Waals surface area contributed by atoms with E-state index in [1.165, 1.54) is 0 Å². The van der Waals surface area contributed by atoms with Crippen LogP contribution in [0.15, 0.2) is 0 Å². The van der Waals surface area contributed by atoms with Crippen LogP contribution in [0.25, 0.3) is 0 Å². The molecule has 82 valence electrons. The summed E-state index contributed by atoms with van der Waals surface area (Å²) in [5.41, 5.74) is 2.36. The van der Waals surface area contributed by atoms with Gasteiger partial charge in [0.15, 0.2) is 0 Å². The molecular formula is C9H18N2O3. The van der Waals surface area contributed by atoms with Gasteiger partial charge >= 0.3 is 0 Å². The number of rotatable bonds is 4. The lowest BCUT2D eigenvalue weighted by Gasteiger charge is -2.11. The Morgan fingerprint density at radius 1 is 1.71 bits per heavy atom. The third-order valence-electron chi connectivity index (χ3n) is 2.01. The van der Waals surface area contributed by atoms with Crippen molar-refractivity contribution in [2.24, 2.45) is 5.92 Å². The van der Waals surface area contributed by atoms with Gasteiger partial charge in [-0.2, -0.15) is 0 Å². The van der Waals surface area contributed by atoms with Crippen molar-refractivity contribution in [2.45, 2.75) is 32.4 Å². The van der Waals surface area contributed by atoms with Gasteiger partial charge in [-0.05, 0) is 12.3 Å². The summed E-state index contributed by atoms with van der Waals surface area (Å²) in [5, 5.41) is 12.1. The average molecular weight is 202 g/mol. The molecule has 1 fully saturated rings. The number of aliphatic hydroxyl groups is 1. The molecular weight excluding hydrogens is 184 g/mol. The molecule has 5 heteroatoms. The molecule has 0 aromatic rings. The third kappa shape index (κ3) is 3.61. The Labute approximate surface area is 83.8 Å². The van der Waals surface area contributed by atoms with E-state index in [0.29, 0.717) is 25.5 Å². The lowest BCUT2D eigenvalue weighted by atomic mass is 10.2. The Morgan fingerprint density at radius 2 is 2.43 bits per heavy atom. The van der Waals surface area contributed by atoms with Gasteiger partial charge in [0.25, 0.3) is 5.91 Å². The lowest BCUT2D eigenvalue weighted by molar-refractivity contribution is -0.136. The summed E-state index contributed by atoms with van der Waals surface area (Å²) >= 11 is 0. The van der Waals surface area contributed by atoms with Crippen LogP contribution in [-0.4, -0.2) is 36.3 Å². The second-order valence-electron chi connectivity index (χ2n) is 4.02. The zero-order valence-corrected chi connectivity index (χ0v) is 8.62. The highest BCUT2D eigenvalue weighted by atomic mass is 16.7. The van der Waals surface area contributed by atoms with Crippen LogP contribution in [0.1, 0.15) is 20.3 Å². The molecule has 3 N–H and O–H groups in total. The van der Waals surface area contributed by atoms with E-state index >= 15 is 0 Å². The van der Waals surface area contributed by atoms with Crippen molar-refractivity contribution in [2.75, 3.05) is 13.2 Å². The topological polar surface area (TPSA) is 70.6 Å². The van der Waals surface area contributed by atoms with E-state index in [4.69, 9.17) is 4.84 Å². The van der Waals surface area contributed by atoms with Gasteiger partial charge in [0.05, 0.1) is 18.8 Å². The highest BCUT2D eigenvalue weighted by molar-refractivity contribution is 5.81. The molecule has 0 bridgehead atoms. The van der Waals surface area contributed by atoms with Gasteiger partial charge in [0, 0.05) is 6.54 Å². The summed E-state index contributed by atoms with van der Waals surface area (Å²) in [5.74, 6) is 0.180. The number of aliphatic hydroxyl groups excluding tert-OH is 1. The predicted molar refractivity (Wildman–Crippen MR) is 51.3 cm³/mol. The van der Waals surface area contributed by atoms with E-state index < -0.39 is 6.10 Å². The fourth-order valence-corrected chi connectivity index (χ4v) is 1.27. The molecule has 0 aromatic heterocycles. The van der Waals surface area contributed by atoms with Gasteiger partial charge in [-0.3, -0.25) is 9.63 Å². The number of β-amino-alcohol motifs (C(OH)–C–C–N with tert-alkyl or cyclic N) is 1. The first-order valence-electron chi connectivity index (χ1n) is 4.92. The second kappa shape index (κ2) is 5.29. The summed E-state index contributed by atoms with van der Waals surface area (Å²) in [4.78, 5) is 16.3. The Kier molecular flexibility index (Phi) is 4.31. The van der Waals surface area contributed by atoms with Gasteiger partial charge in [-0.15, -0.1) is 0 Å². The highest BCUT2D eigenvalue weighted by Gasteiger charge is 2.27. The monoisotopic (exact) mass is 202 g/mol. The van der Waals surface area contributed by atoms with Gasteiger partial charge in [-0.1, -0.05) is 13.8 Å². The number of carbonyl (C=O) groups excluding carboxylic acids is 1. The molecule has 14 heavy (non-hydrogen) atoms. The molecule has 0 aliphatic carbocycles. The van der Waals surface area contributed by atoms with Gasteiger partial charge in [-0.25, -0.2) is 5.48 Å². The van der Waals surface area contributed by atoms with E-state index in [1.807, 2.05) is 13.8 Å². The molecule has 1 rings (SSSR count). The molecule has 1 aliphatic rings. The maximum absolute atomic E-state index is 11.4. The Hall–Kier alpha value is -0.650. The third-order valence-corrected chi connectivity index (χ3v) is 2.01. The molecule has 2 atom stereocenters. The summed E-state index contributed by atoms with van der Waals surface area (Å²) in [6, 6.07) is -0.322. The van der Waals surface area contributed by atoms with Crippen molar-refractivity contribution in [1.29, 1.82) is 0 Å². The van der Waals surface area contributed by atoms with Gasteiger partial charge < -0.3 is 10.4 Å². The van der Waals surface area contributed by atoms with Crippen LogP contribution in [-0.2, 0) is 9.63 Å². The predicted octanol–water partition coefficient (Wildman–Crippen LogP) is -0.587. The SMILES string of the molecule is CC(C)CONC(=O)C1CC(O)CN1. The number of hydroxylamine groups is 1. The smallest absolute Gasteiger partial charge is 0.260 e. The number of hydrogen-bond acceptors (Lipinski definition) is 4. The second-order valence-corrected chi connectivity index (χ2v) is 4.02. The zero-order chi connectivity index (χ0) is 10.6.